The highest BCUT2D eigenvalue weighted by Crippen LogP contribution is 2.19. The molecule has 1 rings (SSSR count). The zero-order valence-corrected chi connectivity index (χ0v) is 12.3. The average molecular weight is 264 g/mol. The van der Waals surface area contributed by atoms with Crippen molar-refractivity contribution in [3.8, 4) is 0 Å². The second-order valence-corrected chi connectivity index (χ2v) is 4.85. The molecule has 4 nitrogen and oxygen atoms in total. The summed E-state index contributed by atoms with van der Waals surface area (Å²) in [6.45, 7) is 6.95. The fourth-order valence-corrected chi connectivity index (χ4v) is 1.96. The predicted octanol–water partition coefficient (Wildman–Crippen LogP) is 2.43. The van der Waals surface area contributed by atoms with Crippen molar-refractivity contribution in [1.29, 1.82) is 0 Å². The molecule has 0 aliphatic rings. The molecule has 106 valence electrons. The van der Waals surface area contributed by atoms with Crippen molar-refractivity contribution in [3.63, 3.8) is 0 Å². The number of nitrogens with two attached hydrogens (primary N) is 1. The third-order valence-electron chi connectivity index (χ3n) is 3.57. The van der Waals surface area contributed by atoms with Gasteiger partial charge in [0.15, 0.2) is 0 Å². The molecule has 0 radical (unpaired) electrons. The van der Waals surface area contributed by atoms with E-state index in [1.807, 2.05) is 45.0 Å². The molecule has 0 aliphatic heterocycles. The molecule has 1 amide bonds. The first-order valence-electron chi connectivity index (χ1n) is 6.65. The van der Waals surface area contributed by atoms with Gasteiger partial charge in [-0.15, -0.1) is 0 Å². The molecule has 19 heavy (non-hydrogen) atoms. The molecule has 4 heteroatoms. The first-order valence-corrected chi connectivity index (χ1v) is 6.65. The van der Waals surface area contributed by atoms with E-state index in [2.05, 4.69) is 0 Å². The van der Waals surface area contributed by atoms with Crippen LogP contribution in [0.5, 0.6) is 0 Å². The van der Waals surface area contributed by atoms with Crippen LogP contribution in [0.25, 0.3) is 0 Å². The molecule has 0 heterocycles. The van der Waals surface area contributed by atoms with Crippen molar-refractivity contribution < 1.29 is 9.53 Å². The van der Waals surface area contributed by atoms with E-state index in [9.17, 15) is 4.79 Å². The summed E-state index contributed by atoms with van der Waals surface area (Å²) in [5.41, 5.74) is 6.75. The molecule has 1 unspecified atom stereocenters. The molecule has 0 aliphatic carbocycles. The maximum Gasteiger partial charge on any atom is 0.254 e. The van der Waals surface area contributed by atoms with E-state index in [-0.39, 0.29) is 5.91 Å². The molecule has 0 spiro atoms. The van der Waals surface area contributed by atoms with Crippen LogP contribution in [-0.2, 0) is 16.1 Å². The van der Waals surface area contributed by atoms with Crippen LogP contribution in [0.15, 0.2) is 24.3 Å². The van der Waals surface area contributed by atoms with Gasteiger partial charge in [-0.05, 0) is 38.0 Å². The van der Waals surface area contributed by atoms with Gasteiger partial charge in [0, 0.05) is 25.9 Å². The third-order valence-corrected chi connectivity index (χ3v) is 3.57. The van der Waals surface area contributed by atoms with Crippen LogP contribution in [0.4, 0.5) is 5.69 Å². The Morgan fingerprint density at radius 3 is 2.58 bits per heavy atom. The van der Waals surface area contributed by atoms with Gasteiger partial charge in [0.25, 0.3) is 5.91 Å². The Labute approximate surface area is 115 Å². The number of nitrogen functional groups attached to an aromatic ring is 1. The number of methoxy groups -OCH3 is 1. The second-order valence-electron chi connectivity index (χ2n) is 4.85. The SMILES string of the molecule is CCN(Cc1cccc(N)c1)C(=O)C(C)(CC)OC. The van der Waals surface area contributed by atoms with Gasteiger partial charge in [0.1, 0.15) is 5.60 Å². The van der Waals surface area contributed by atoms with E-state index >= 15 is 0 Å². The standard InChI is InChI=1S/C15H24N2O2/c1-5-15(3,19-4)14(18)17(6-2)11-12-8-7-9-13(16)10-12/h7-10H,5-6,11,16H2,1-4H3. The molecule has 0 fully saturated rings. The van der Waals surface area contributed by atoms with E-state index in [1.54, 1.807) is 12.0 Å². The van der Waals surface area contributed by atoms with Crippen molar-refractivity contribution in [2.24, 2.45) is 0 Å². The van der Waals surface area contributed by atoms with Gasteiger partial charge < -0.3 is 15.4 Å². The van der Waals surface area contributed by atoms with Crippen molar-refractivity contribution in [3.05, 3.63) is 29.8 Å². The van der Waals surface area contributed by atoms with Crippen molar-refractivity contribution in [2.45, 2.75) is 39.3 Å². The summed E-state index contributed by atoms with van der Waals surface area (Å²) in [4.78, 5) is 14.3. The van der Waals surface area contributed by atoms with Gasteiger partial charge in [0.05, 0.1) is 0 Å². The average Bonchev–Trinajstić information content (AvgIpc) is 2.43. The summed E-state index contributed by atoms with van der Waals surface area (Å²) < 4.78 is 5.38. The normalized spacial score (nSPS) is 13.9. The maximum absolute atomic E-state index is 12.5. The number of ether oxygens (including phenoxy) is 1. The molecular weight excluding hydrogens is 240 g/mol. The number of likely N-dealkylation sites (N-methyl/N-ethyl adjacent to an activating group) is 1. The van der Waals surface area contributed by atoms with Crippen LogP contribution in [0.3, 0.4) is 0 Å². The zero-order chi connectivity index (χ0) is 14.5. The van der Waals surface area contributed by atoms with E-state index in [0.29, 0.717) is 25.2 Å². The van der Waals surface area contributed by atoms with Crippen molar-refractivity contribution in [1.82, 2.24) is 4.90 Å². The summed E-state index contributed by atoms with van der Waals surface area (Å²) in [6.07, 6.45) is 0.649. The number of nitrogens with zero attached hydrogens (tertiary/aromatic N) is 1. The number of carbonyl (C=O) groups is 1. The number of amides is 1. The lowest BCUT2D eigenvalue weighted by atomic mass is 10.0. The van der Waals surface area contributed by atoms with Crippen LogP contribution in [-0.4, -0.2) is 30.1 Å². The minimum Gasteiger partial charge on any atom is -0.399 e. The highest BCUT2D eigenvalue weighted by atomic mass is 16.5. The second kappa shape index (κ2) is 6.57. The Bertz CT molecular complexity index is 428. The van der Waals surface area contributed by atoms with Crippen LogP contribution in [0, 0.1) is 0 Å². The highest BCUT2D eigenvalue weighted by Gasteiger charge is 2.34. The maximum atomic E-state index is 12.5. The largest absolute Gasteiger partial charge is 0.399 e. The lowest BCUT2D eigenvalue weighted by Crippen LogP contribution is -2.47. The molecule has 1 aromatic rings. The summed E-state index contributed by atoms with van der Waals surface area (Å²) in [7, 11) is 1.58. The molecule has 0 saturated heterocycles. The fourth-order valence-electron chi connectivity index (χ4n) is 1.96. The summed E-state index contributed by atoms with van der Waals surface area (Å²) in [5, 5.41) is 0. The minimum atomic E-state index is -0.754. The Morgan fingerprint density at radius 2 is 2.11 bits per heavy atom. The molecule has 1 aromatic carbocycles. The smallest absolute Gasteiger partial charge is 0.254 e. The number of benzene rings is 1. The van der Waals surface area contributed by atoms with Gasteiger partial charge in [-0.2, -0.15) is 0 Å². The Kier molecular flexibility index (Phi) is 5.36. The van der Waals surface area contributed by atoms with E-state index in [0.717, 1.165) is 5.56 Å². The summed E-state index contributed by atoms with van der Waals surface area (Å²) >= 11 is 0. The zero-order valence-electron chi connectivity index (χ0n) is 12.3. The van der Waals surface area contributed by atoms with Gasteiger partial charge in [-0.1, -0.05) is 19.1 Å². The topological polar surface area (TPSA) is 55.6 Å². The van der Waals surface area contributed by atoms with Crippen LogP contribution in [0.2, 0.25) is 0 Å². The van der Waals surface area contributed by atoms with Gasteiger partial charge >= 0.3 is 0 Å². The van der Waals surface area contributed by atoms with Crippen LogP contribution < -0.4 is 5.73 Å². The number of carbonyl (C=O) groups excluding carboxylic acids is 1. The van der Waals surface area contributed by atoms with E-state index in [4.69, 9.17) is 10.5 Å². The van der Waals surface area contributed by atoms with Crippen molar-refractivity contribution in [2.75, 3.05) is 19.4 Å². The number of rotatable bonds is 6. The van der Waals surface area contributed by atoms with Gasteiger partial charge in [0.2, 0.25) is 0 Å². The monoisotopic (exact) mass is 264 g/mol. The van der Waals surface area contributed by atoms with Crippen molar-refractivity contribution >= 4 is 11.6 Å². The van der Waals surface area contributed by atoms with E-state index < -0.39 is 5.60 Å². The Hall–Kier alpha value is -1.55. The molecule has 0 bridgehead atoms. The first kappa shape index (κ1) is 15.5. The predicted molar refractivity (Wildman–Crippen MR) is 77.7 cm³/mol. The summed E-state index contributed by atoms with van der Waals surface area (Å²) in [5.74, 6) is 0.0161. The van der Waals surface area contributed by atoms with E-state index in [1.165, 1.54) is 0 Å². The quantitative estimate of drug-likeness (QED) is 0.803. The van der Waals surface area contributed by atoms with Gasteiger partial charge in [-0.25, -0.2) is 0 Å². The van der Waals surface area contributed by atoms with Crippen LogP contribution in [0.1, 0.15) is 32.8 Å². The number of anilines is 1. The molecule has 2 N–H and O–H groups in total. The van der Waals surface area contributed by atoms with Gasteiger partial charge in [-0.3, -0.25) is 4.79 Å². The molecular formula is C15H24N2O2. The first-order chi connectivity index (χ1) is 8.96. The molecule has 0 aromatic heterocycles. The number of hydrogen-bond acceptors (Lipinski definition) is 3. The minimum absolute atomic E-state index is 0.0161. The fraction of sp³-hybridized carbons (Fsp3) is 0.533. The third kappa shape index (κ3) is 3.70. The Morgan fingerprint density at radius 1 is 1.42 bits per heavy atom. The molecule has 0 saturated carbocycles. The lowest BCUT2D eigenvalue weighted by molar-refractivity contribution is -0.153. The Balaban J connectivity index is 2.87. The lowest BCUT2D eigenvalue weighted by Gasteiger charge is -2.32. The van der Waals surface area contributed by atoms with Crippen LogP contribution >= 0.6 is 0 Å². The number of hydrogen-bond donors (Lipinski definition) is 1. The molecule has 1 atom stereocenters. The highest BCUT2D eigenvalue weighted by molar-refractivity contribution is 5.84. The summed E-state index contributed by atoms with van der Waals surface area (Å²) in [6, 6.07) is 7.61.